The van der Waals surface area contributed by atoms with Gasteiger partial charge in [-0.25, -0.2) is 0 Å². The fourth-order valence-electron chi connectivity index (χ4n) is 5.15. The van der Waals surface area contributed by atoms with Crippen LogP contribution in [0, 0.1) is 11.3 Å². The maximum atomic E-state index is 13.8. The number of hydrogen-bond donors (Lipinski definition) is 1. The topological polar surface area (TPSA) is 75.7 Å². The maximum absolute atomic E-state index is 13.8. The summed E-state index contributed by atoms with van der Waals surface area (Å²) >= 11 is 6.02. The van der Waals surface area contributed by atoms with Crippen molar-refractivity contribution in [1.82, 2.24) is 10.2 Å². The van der Waals surface area contributed by atoms with Gasteiger partial charge in [-0.05, 0) is 56.7 Å². The van der Waals surface area contributed by atoms with Gasteiger partial charge in [0.1, 0.15) is 5.41 Å². The Bertz CT molecular complexity index is 898. The van der Waals surface area contributed by atoms with Crippen molar-refractivity contribution in [3.05, 3.63) is 46.6 Å². The number of nitrogens with one attached hydrogen (secondary N) is 1. The molecule has 1 aliphatic carbocycles. The second-order valence-corrected chi connectivity index (χ2v) is 9.64. The number of benzene rings is 1. The molecule has 1 aromatic rings. The first-order valence-corrected chi connectivity index (χ1v) is 13.0. The largest absolute Gasteiger partial charge is 0.465 e. The summed E-state index contributed by atoms with van der Waals surface area (Å²) in [5.41, 5.74) is 0.692. The Morgan fingerprint density at radius 1 is 1.18 bits per heavy atom. The minimum atomic E-state index is -1.10. The lowest BCUT2D eigenvalue weighted by molar-refractivity contribution is -0.158. The van der Waals surface area contributed by atoms with E-state index in [1.807, 2.05) is 30.3 Å². The number of carbonyl (C=O) groups excluding carboxylic acids is 3. The number of fused-ring (bicyclic) bond motifs is 1. The Morgan fingerprint density at radius 2 is 1.94 bits per heavy atom. The number of ether oxygens (including phenoxy) is 1. The summed E-state index contributed by atoms with van der Waals surface area (Å²) in [6.07, 6.45) is 8.68. The first-order chi connectivity index (χ1) is 16.4. The van der Waals surface area contributed by atoms with Crippen LogP contribution >= 0.6 is 11.6 Å². The smallest absolute Gasteiger partial charge is 0.318 e. The molecule has 0 spiro atoms. The van der Waals surface area contributed by atoms with Gasteiger partial charge < -0.3 is 15.0 Å². The average molecular weight is 489 g/mol. The van der Waals surface area contributed by atoms with E-state index in [0.717, 1.165) is 49.8 Å². The molecule has 0 bridgehead atoms. The normalized spacial score (nSPS) is 24.0. The number of likely N-dealkylation sites (tertiary alicyclic amines) is 1. The van der Waals surface area contributed by atoms with Gasteiger partial charge in [-0.2, -0.15) is 0 Å². The summed E-state index contributed by atoms with van der Waals surface area (Å²) in [7, 11) is 0. The molecule has 0 aromatic heterocycles. The highest BCUT2D eigenvalue weighted by atomic mass is 35.5. The van der Waals surface area contributed by atoms with Crippen molar-refractivity contribution in [3.8, 4) is 0 Å². The van der Waals surface area contributed by atoms with Crippen LogP contribution in [0.4, 0.5) is 0 Å². The fraction of sp³-hybridized carbons (Fsp3) is 0.593. The second kappa shape index (κ2) is 12.4. The molecule has 0 radical (unpaired) electrons. The predicted molar refractivity (Wildman–Crippen MR) is 133 cm³/mol. The van der Waals surface area contributed by atoms with Crippen molar-refractivity contribution >= 4 is 29.4 Å². The zero-order valence-corrected chi connectivity index (χ0v) is 21.2. The van der Waals surface area contributed by atoms with E-state index in [1.54, 1.807) is 11.8 Å². The lowest BCUT2D eigenvalue weighted by Crippen LogP contribution is -2.42. The third kappa shape index (κ3) is 5.83. The zero-order chi connectivity index (χ0) is 24.6. The molecular formula is C27H37ClN2O4. The van der Waals surface area contributed by atoms with E-state index < -0.39 is 11.3 Å². The van der Waals surface area contributed by atoms with Gasteiger partial charge in [-0.3, -0.25) is 14.4 Å². The van der Waals surface area contributed by atoms with Crippen molar-refractivity contribution in [2.45, 2.75) is 71.6 Å². The van der Waals surface area contributed by atoms with Crippen LogP contribution in [0.15, 0.2) is 36.0 Å². The fourth-order valence-corrected chi connectivity index (χ4v) is 5.28. The van der Waals surface area contributed by atoms with E-state index in [-0.39, 0.29) is 30.8 Å². The molecule has 1 aliphatic heterocycles. The average Bonchev–Trinajstić information content (AvgIpc) is 3.01. The van der Waals surface area contributed by atoms with Crippen LogP contribution in [0.1, 0.15) is 70.8 Å². The molecule has 1 N–H and O–H groups in total. The standard InChI is InChI=1S/C27H37ClN2O4/c1-3-5-17-29-24(31)19-22-25(32)30(18-15-20-11-13-21(28)14-12-20)23-10-8-6-7-9-16-27(22,23)26(33)34-4-2/h10-14,22H,3-9,15-19H2,1-2H3,(H,29,31)/b23-10+/t22-,27+/m1/s1. The highest BCUT2D eigenvalue weighted by molar-refractivity contribution is 6.30. The van der Waals surface area contributed by atoms with Gasteiger partial charge in [0.2, 0.25) is 11.8 Å². The lowest BCUT2D eigenvalue weighted by Gasteiger charge is -2.34. The molecule has 1 heterocycles. The van der Waals surface area contributed by atoms with Gasteiger partial charge in [-0.1, -0.05) is 56.0 Å². The summed E-state index contributed by atoms with van der Waals surface area (Å²) in [5, 5.41) is 3.59. The maximum Gasteiger partial charge on any atom is 0.318 e. The number of carbonyl (C=O) groups is 3. The Kier molecular flexibility index (Phi) is 9.57. The summed E-state index contributed by atoms with van der Waals surface area (Å²) in [5.74, 6) is -1.46. The van der Waals surface area contributed by atoms with Crippen LogP contribution in [0.2, 0.25) is 5.02 Å². The summed E-state index contributed by atoms with van der Waals surface area (Å²) in [6, 6.07) is 7.58. The monoisotopic (exact) mass is 488 g/mol. The van der Waals surface area contributed by atoms with Crippen LogP contribution in [0.3, 0.4) is 0 Å². The molecular weight excluding hydrogens is 452 g/mol. The highest BCUT2D eigenvalue weighted by Gasteiger charge is 2.61. The minimum Gasteiger partial charge on any atom is -0.465 e. The molecule has 186 valence electrons. The van der Waals surface area contributed by atoms with Crippen LogP contribution in [-0.2, 0) is 25.5 Å². The van der Waals surface area contributed by atoms with Crippen molar-refractivity contribution in [1.29, 1.82) is 0 Å². The quantitative estimate of drug-likeness (QED) is 0.369. The summed E-state index contributed by atoms with van der Waals surface area (Å²) < 4.78 is 5.56. The van der Waals surface area contributed by atoms with Gasteiger partial charge >= 0.3 is 5.97 Å². The Morgan fingerprint density at radius 3 is 2.65 bits per heavy atom. The Labute approximate surface area is 208 Å². The van der Waals surface area contributed by atoms with E-state index in [2.05, 4.69) is 12.2 Å². The van der Waals surface area contributed by atoms with Gasteiger partial charge in [-0.15, -0.1) is 0 Å². The van der Waals surface area contributed by atoms with Gasteiger partial charge in [0.25, 0.3) is 0 Å². The number of amides is 2. The van der Waals surface area contributed by atoms with Gasteiger partial charge in [0, 0.05) is 30.2 Å². The van der Waals surface area contributed by atoms with E-state index in [1.165, 1.54) is 0 Å². The zero-order valence-electron chi connectivity index (χ0n) is 20.4. The number of unbranched alkanes of at least 4 members (excludes halogenated alkanes) is 1. The van der Waals surface area contributed by atoms with Crippen LogP contribution < -0.4 is 5.32 Å². The van der Waals surface area contributed by atoms with Crippen LogP contribution in [-0.4, -0.2) is 42.4 Å². The molecule has 0 saturated carbocycles. The first kappa shape index (κ1) is 26.3. The number of rotatable bonds is 10. The molecule has 6 nitrogen and oxygen atoms in total. The van der Waals surface area contributed by atoms with Crippen molar-refractivity contribution in [2.75, 3.05) is 19.7 Å². The minimum absolute atomic E-state index is 0.00382. The molecule has 1 saturated heterocycles. The third-order valence-corrected chi connectivity index (χ3v) is 7.19. The Balaban J connectivity index is 1.94. The van der Waals surface area contributed by atoms with Crippen molar-refractivity contribution < 1.29 is 19.1 Å². The number of hydrogen-bond acceptors (Lipinski definition) is 4. The van der Waals surface area contributed by atoms with E-state index >= 15 is 0 Å². The molecule has 34 heavy (non-hydrogen) atoms. The Hall–Kier alpha value is -2.34. The SMILES string of the molecule is CCCCNC(=O)C[C@@H]1C(=O)N(CCc2ccc(Cl)cc2)/C2=C/CCCCC[C@@]21C(=O)OCC. The molecule has 2 amide bonds. The van der Waals surface area contributed by atoms with Gasteiger partial charge in [0.05, 0.1) is 12.5 Å². The highest BCUT2D eigenvalue weighted by Crippen LogP contribution is 2.52. The predicted octanol–water partition coefficient (Wildman–Crippen LogP) is 5.04. The van der Waals surface area contributed by atoms with Crippen LogP contribution in [0.5, 0.6) is 0 Å². The van der Waals surface area contributed by atoms with Crippen molar-refractivity contribution in [3.63, 3.8) is 0 Å². The van der Waals surface area contributed by atoms with Gasteiger partial charge in [0.15, 0.2) is 0 Å². The molecule has 1 fully saturated rings. The van der Waals surface area contributed by atoms with Crippen LogP contribution in [0.25, 0.3) is 0 Å². The second-order valence-electron chi connectivity index (χ2n) is 9.21. The number of esters is 1. The lowest BCUT2D eigenvalue weighted by atomic mass is 9.69. The number of halogens is 1. The molecule has 2 aliphatic rings. The van der Waals surface area contributed by atoms with E-state index in [0.29, 0.717) is 31.0 Å². The van der Waals surface area contributed by atoms with E-state index in [9.17, 15) is 14.4 Å². The summed E-state index contributed by atoms with van der Waals surface area (Å²) in [4.78, 5) is 41.9. The molecule has 2 atom stereocenters. The first-order valence-electron chi connectivity index (χ1n) is 12.6. The summed E-state index contributed by atoms with van der Waals surface area (Å²) in [6.45, 7) is 5.10. The number of allylic oxidation sites excluding steroid dienone is 1. The molecule has 0 unspecified atom stereocenters. The number of nitrogens with zero attached hydrogens (tertiary/aromatic N) is 1. The van der Waals surface area contributed by atoms with E-state index in [4.69, 9.17) is 16.3 Å². The molecule has 7 heteroatoms. The molecule has 3 rings (SSSR count). The third-order valence-electron chi connectivity index (χ3n) is 6.94. The molecule has 1 aromatic carbocycles. The van der Waals surface area contributed by atoms with Crippen molar-refractivity contribution in [2.24, 2.45) is 11.3 Å².